The molecule has 3 nitrogen and oxygen atoms in total. The summed E-state index contributed by atoms with van der Waals surface area (Å²) in [6, 6.07) is 0. The van der Waals surface area contributed by atoms with Gasteiger partial charge in [-0.05, 0) is 85.5 Å². The number of allylic oxidation sites excluding steroid dienone is 2. The fraction of sp³-hybridized carbons (Fsp3) is 0.833. The van der Waals surface area contributed by atoms with E-state index in [2.05, 4.69) is 26.8 Å². The molecule has 0 bridgehead atoms. The van der Waals surface area contributed by atoms with Gasteiger partial charge in [0.1, 0.15) is 0 Å². The summed E-state index contributed by atoms with van der Waals surface area (Å²) in [6.07, 6.45) is 11.3. The van der Waals surface area contributed by atoms with Gasteiger partial charge < -0.3 is 5.11 Å². The van der Waals surface area contributed by atoms with Crippen molar-refractivity contribution in [2.75, 3.05) is 0 Å². The van der Waals surface area contributed by atoms with Crippen LogP contribution in [0.3, 0.4) is 0 Å². The van der Waals surface area contributed by atoms with Crippen LogP contribution in [0.25, 0.3) is 0 Å². The first-order valence-electron chi connectivity index (χ1n) is 11.2. The molecule has 1 N–H and O–H groups in total. The predicted octanol–water partition coefficient (Wildman–Crippen LogP) is 5.49. The molecular formula is C24H36O3. The summed E-state index contributed by atoms with van der Waals surface area (Å²) in [7, 11) is 0. The molecule has 4 rings (SSSR count). The first kappa shape index (κ1) is 19.2. The second-order valence-electron chi connectivity index (χ2n) is 10.5. The molecular weight excluding hydrogens is 336 g/mol. The zero-order valence-electron chi connectivity index (χ0n) is 17.5. The van der Waals surface area contributed by atoms with E-state index < -0.39 is 5.97 Å². The molecule has 0 amide bonds. The third-order valence-corrected chi connectivity index (χ3v) is 9.71. The Morgan fingerprint density at radius 1 is 1.07 bits per heavy atom. The molecule has 0 heterocycles. The standard InChI is InChI=1S/C24H36O3/c1-5-15-17-8-6-7-12-23(17,3)19-11-13-24(4)16(14(2)22(26)27)9-10-18(24)20(19)21(15)25/h5,14,16-20H,6-13H2,1-4H3,(H,26,27)/b15-5+/t14-,16?,17?,18?,19?,20?,23?,24?/m0/s1. The normalized spacial score (nSPS) is 49.3. The predicted molar refractivity (Wildman–Crippen MR) is 106 cm³/mol. The van der Waals surface area contributed by atoms with Gasteiger partial charge in [0.05, 0.1) is 5.92 Å². The Morgan fingerprint density at radius 2 is 1.78 bits per heavy atom. The van der Waals surface area contributed by atoms with Crippen LogP contribution >= 0.6 is 0 Å². The van der Waals surface area contributed by atoms with E-state index in [9.17, 15) is 14.7 Å². The maximum absolute atomic E-state index is 13.7. The summed E-state index contributed by atoms with van der Waals surface area (Å²) < 4.78 is 0. The maximum Gasteiger partial charge on any atom is 0.306 e. The van der Waals surface area contributed by atoms with Crippen molar-refractivity contribution in [1.82, 2.24) is 0 Å². The molecule has 0 spiro atoms. The number of hydrogen-bond acceptors (Lipinski definition) is 2. The average Bonchev–Trinajstić information content (AvgIpc) is 2.98. The van der Waals surface area contributed by atoms with E-state index in [-0.39, 0.29) is 28.6 Å². The Balaban J connectivity index is 1.73. The van der Waals surface area contributed by atoms with Crippen LogP contribution in [0.1, 0.15) is 79.1 Å². The smallest absolute Gasteiger partial charge is 0.306 e. The topological polar surface area (TPSA) is 54.4 Å². The minimum atomic E-state index is -0.674. The van der Waals surface area contributed by atoms with Crippen LogP contribution in [0, 0.1) is 46.3 Å². The molecule has 0 saturated heterocycles. The molecule has 4 aliphatic rings. The molecule has 0 radical (unpaired) electrons. The molecule has 8 atom stereocenters. The van der Waals surface area contributed by atoms with Gasteiger partial charge in [-0.15, -0.1) is 0 Å². The van der Waals surface area contributed by atoms with Crippen molar-refractivity contribution in [1.29, 1.82) is 0 Å². The molecule has 3 heteroatoms. The first-order valence-corrected chi connectivity index (χ1v) is 11.2. The van der Waals surface area contributed by atoms with E-state index in [0.717, 1.165) is 31.3 Å². The zero-order valence-corrected chi connectivity index (χ0v) is 17.5. The number of Topliss-reactive ketones (excluding diaryl/α,β-unsaturated/α-hetero) is 1. The molecule has 4 aliphatic carbocycles. The van der Waals surface area contributed by atoms with Gasteiger partial charge in [-0.1, -0.05) is 39.7 Å². The molecule has 4 saturated carbocycles. The fourth-order valence-electron chi connectivity index (χ4n) is 8.30. The van der Waals surface area contributed by atoms with Crippen LogP contribution in [0.2, 0.25) is 0 Å². The number of carboxylic acids is 1. The summed E-state index contributed by atoms with van der Waals surface area (Å²) in [6.45, 7) is 8.71. The highest BCUT2D eigenvalue weighted by molar-refractivity contribution is 5.99. The molecule has 0 aliphatic heterocycles. The second kappa shape index (κ2) is 6.46. The minimum absolute atomic E-state index is 0.00531. The molecule has 150 valence electrons. The van der Waals surface area contributed by atoms with Crippen molar-refractivity contribution < 1.29 is 14.7 Å². The molecule has 7 unspecified atom stereocenters. The lowest BCUT2D eigenvalue weighted by Gasteiger charge is -2.60. The van der Waals surface area contributed by atoms with Crippen LogP contribution in [-0.4, -0.2) is 16.9 Å². The van der Waals surface area contributed by atoms with Crippen LogP contribution in [0.4, 0.5) is 0 Å². The van der Waals surface area contributed by atoms with Crippen molar-refractivity contribution in [3.63, 3.8) is 0 Å². The van der Waals surface area contributed by atoms with Crippen molar-refractivity contribution >= 4 is 11.8 Å². The molecule has 27 heavy (non-hydrogen) atoms. The first-order chi connectivity index (χ1) is 12.8. The summed E-state index contributed by atoms with van der Waals surface area (Å²) >= 11 is 0. The number of carbonyl (C=O) groups is 2. The van der Waals surface area contributed by atoms with Gasteiger partial charge in [0.2, 0.25) is 0 Å². The number of carboxylic acid groups (broad SMARTS) is 1. The van der Waals surface area contributed by atoms with Crippen molar-refractivity contribution in [2.24, 2.45) is 46.3 Å². The number of carbonyl (C=O) groups excluding carboxylic acids is 1. The van der Waals surface area contributed by atoms with E-state index in [1.807, 2.05) is 6.92 Å². The van der Waals surface area contributed by atoms with E-state index >= 15 is 0 Å². The Morgan fingerprint density at radius 3 is 2.44 bits per heavy atom. The average molecular weight is 373 g/mol. The van der Waals surface area contributed by atoms with Gasteiger partial charge in [-0.25, -0.2) is 0 Å². The van der Waals surface area contributed by atoms with E-state index in [1.165, 1.54) is 25.7 Å². The van der Waals surface area contributed by atoms with Crippen LogP contribution in [-0.2, 0) is 9.59 Å². The van der Waals surface area contributed by atoms with Gasteiger partial charge in [-0.3, -0.25) is 9.59 Å². The highest BCUT2D eigenvalue weighted by atomic mass is 16.4. The van der Waals surface area contributed by atoms with Gasteiger partial charge in [0.15, 0.2) is 5.78 Å². The lowest BCUT2D eigenvalue weighted by atomic mass is 9.43. The summed E-state index contributed by atoms with van der Waals surface area (Å²) in [4.78, 5) is 25.4. The van der Waals surface area contributed by atoms with Crippen molar-refractivity contribution in [3.8, 4) is 0 Å². The number of ketones is 1. The Bertz CT molecular complexity index is 679. The molecule has 0 aromatic heterocycles. The summed E-state index contributed by atoms with van der Waals surface area (Å²) in [5.74, 6) is 1.08. The number of aliphatic carboxylic acids is 1. The van der Waals surface area contributed by atoms with Crippen molar-refractivity contribution in [3.05, 3.63) is 11.6 Å². The summed E-state index contributed by atoms with van der Waals surface area (Å²) in [5, 5.41) is 9.63. The van der Waals surface area contributed by atoms with Gasteiger partial charge in [0.25, 0.3) is 0 Å². The lowest BCUT2D eigenvalue weighted by Crippen LogP contribution is -2.57. The monoisotopic (exact) mass is 372 g/mol. The van der Waals surface area contributed by atoms with Crippen LogP contribution in [0.5, 0.6) is 0 Å². The SMILES string of the molecule is C/C=C1/C(=O)C2C(CCC3(C)C2CCC3[C@H](C)C(=O)O)C2(C)CCCCC12. The largest absolute Gasteiger partial charge is 0.481 e. The van der Waals surface area contributed by atoms with E-state index in [4.69, 9.17) is 0 Å². The Hall–Kier alpha value is -1.12. The maximum atomic E-state index is 13.7. The number of fused-ring (bicyclic) bond motifs is 5. The van der Waals surface area contributed by atoms with Crippen LogP contribution < -0.4 is 0 Å². The third-order valence-electron chi connectivity index (χ3n) is 9.71. The van der Waals surface area contributed by atoms with Crippen LogP contribution in [0.15, 0.2) is 11.6 Å². The van der Waals surface area contributed by atoms with Gasteiger partial charge in [-0.2, -0.15) is 0 Å². The molecule has 0 aromatic carbocycles. The number of hydrogen-bond donors (Lipinski definition) is 1. The third kappa shape index (κ3) is 2.52. The Labute approximate surface area is 164 Å². The molecule has 0 aromatic rings. The van der Waals surface area contributed by atoms with Gasteiger partial charge >= 0.3 is 5.97 Å². The zero-order chi connectivity index (χ0) is 19.6. The van der Waals surface area contributed by atoms with E-state index in [0.29, 0.717) is 23.5 Å². The second-order valence-corrected chi connectivity index (χ2v) is 10.5. The molecule has 4 fully saturated rings. The fourth-order valence-corrected chi connectivity index (χ4v) is 8.30. The quantitative estimate of drug-likeness (QED) is 0.652. The Kier molecular flexibility index (Phi) is 4.59. The summed E-state index contributed by atoms with van der Waals surface area (Å²) in [5.41, 5.74) is 1.37. The lowest BCUT2D eigenvalue weighted by molar-refractivity contribution is -0.151. The van der Waals surface area contributed by atoms with E-state index in [1.54, 1.807) is 0 Å². The highest BCUT2D eigenvalue weighted by Crippen LogP contribution is 2.68. The highest BCUT2D eigenvalue weighted by Gasteiger charge is 2.64. The minimum Gasteiger partial charge on any atom is -0.481 e. The number of rotatable bonds is 2. The van der Waals surface area contributed by atoms with Gasteiger partial charge in [0, 0.05) is 5.92 Å². The van der Waals surface area contributed by atoms with Crippen molar-refractivity contribution in [2.45, 2.75) is 79.1 Å².